The lowest BCUT2D eigenvalue weighted by Crippen LogP contribution is -2.33. The van der Waals surface area contributed by atoms with Crippen LogP contribution in [0.5, 0.6) is 0 Å². The minimum absolute atomic E-state index is 0.0716. The summed E-state index contributed by atoms with van der Waals surface area (Å²) in [7, 11) is 1.98. The number of hydrogen-bond acceptors (Lipinski definition) is 3. The molecule has 1 aromatic rings. The number of rotatable bonds is 7. The minimum Gasteiger partial charge on any atom is -0.394 e. The highest BCUT2D eigenvalue weighted by Crippen LogP contribution is 2.25. The first-order valence-corrected chi connectivity index (χ1v) is 7.16. The van der Waals surface area contributed by atoms with Crippen LogP contribution in [0.25, 0.3) is 0 Å². The van der Waals surface area contributed by atoms with E-state index in [0.29, 0.717) is 5.92 Å². The monoisotopic (exact) mass is 284 g/mol. The van der Waals surface area contributed by atoms with E-state index in [9.17, 15) is 5.11 Å². The molecule has 108 valence electrons. The summed E-state index contributed by atoms with van der Waals surface area (Å²) in [5.41, 5.74) is 2.28. The summed E-state index contributed by atoms with van der Waals surface area (Å²) in [6.07, 6.45) is 0. The van der Waals surface area contributed by atoms with Gasteiger partial charge in [0, 0.05) is 30.3 Å². The Kier molecular flexibility index (Phi) is 6.63. The van der Waals surface area contributed by atoms with Gasteiger partial charge in [-0.05, 0) is 37.1 Å². The Morgan fingerprint density at radius 3 is 2.58 bits per heavy atom. The molecule has 1 aromatic carbocycles. The average molecular weight is 285 g/mol. The third-order valence-corrected chi connectivity index (χ3v) is 3.46. The number of nitrogens with zero attached hydrogens (tertiary/aromatic N) is 1. The number of aliphatic hydroxyl groups is 1. The van der Waals surface area contributed by atoms with Crippen LogP contribution in [0.1, 0.15) is 26.3 Å². The summed E-state index contributed by atoms with van der Waals surface area (Å²) in [6.45, 7) is 8.30. The number of hydrogen-bond donors (Lipinski definition) is 2. The van der Waals surface area contributed by atoms with Crippen molar-refractivity contribution in [1.82, 2.24) is 5.32 Å². The number of likely N-dealkylation sites (N-methyl/N-ethyl adjacent to an activating group) is 1. The van der Waals surface area contributed by atoms with Gasteiger partial charge in [-0.3, -0.25) is 0 Å². The average Bonchev–Trinajstić information content (AvgIpc) is 2.38. The van der Waals surface area contributed by atoms with Crippen LogP contribution in [-0.4, -0.2) is 31.3 Å². The molecule has 0 saturated heterocycles. The molecule has 0 aliphatic carbocycles. The normalized spacial score (nSPS) is 12.8. The Labute approximate surface area is 121 Å². The fourth-order valence-corrected chi connectivity index (χ4v) is 2.04. The molecule has 2 N–H and O–H groups in total. The second-order valence-electron chi connectivity index (χ2n) is 5.44. The molecule has 0 aliphatic heterocycles. The Morgan fingerprint density at radius 1 is 1.32 bits per heavy atom. The van der Waals surface area contributed by atoms with Crippen molar-refractivity contribution in [2.45, 2.75) is 33.4 Å². The molecule has 1 atom stereocenters. The SMILES string of the molecule is CC(C)CNCc1ccc(Cl)cc1N(C)C(C)CO. The Bertz CT molecular complexity index is 396. The molecular formula is C15H25ClN2O. The summed E-state index contributed by atoms with van der Waals surface area (Å²) in [5, 5.41) is 13.4. The number of benzene rings is 1. The van der Waals surface area contributed by atoms with Gasteiger partial charge in [-0.25, -0.2) is 0 Å². The van der Waals surface area contributed by atoms with Crippen molar-refractivity contribution in [2.75, 3.05) is 25.1 Å². The molecule has 0 saturated carbocycles. The van der Waals surface area contributed by atoms with E-state index in [1.54, 1.807) is 0 Å². The summed E-state index contributed by atoms with van der Waals surface area (Å²) in [6, 6.07) is 5.99. The Hall–Kier alpha value is -0.770. The van der Waals surface area contributed by atoms with E-state index in [2.05, 4.69) is 24.1 Å². The zero-order valence-corrected chi connectivity index (χ0v) is 13.0. The van der Waals surface area contributed by atoms with Crippen molar-refractivity contribution in [1.29, 1.82) is 0 Å². The van der Waals surface area contributed by atoms with E-state index in [1.165, 1.54) is 5.56 Å². The first-order chi connectivity index (χ1) is 8.95. The number of anilines is 1. The topological polar surface area (TPSA) is 35.5 Å². The van der Waals surface area contributed by atoms with Crippen LogP contribution in [-0.2, 0) is 6.54 Å². The predicted molar refractivity (Wildman–Crippen MR) is 82.9 cm³/mol. The lowest BCUT2D eigenvalue weighted by molar-refractivity contribution is 0.270. The van der Waals surface area contributed by atoms with Gasteiger partial charge >= 0.3 is 0 Å². The van der Waals surface area contributed by atoms with Gasteiger partial charge < -0.3 is 15.3 Å². The lowest BCUT2D eigenvalue weighted by atomic mass is 10.1. The van der Waals surface area contributed by atoms with Crippen LogP contribution in [0.4, 0.5) is 5.69 Å². The molecule has 1 rings (SSSR count). The Morgan fingerprint density at radius 2 is 2.00 bits per heavy atom. The van der Waals surface area contributed by atoms with Gasteiger partial charge in [-0.15, -0.1) is 0 Å². The second kappa shape index (κ2) is 7.73. The minimum atomic E-state index is 0.0716. The largest absolute Gasteiger partial charge is 0.394 e. The van der Waals surface area contributed by atoms with Crippen LogP contribution in [0.2, 0.25) is 5.02 Å². The van der Waals surface area contributed by atoms with Crippen molar-refractivity contribution in [3.63, 3.8) is 0 Å². The van der Waals surface area contributed by atoms with E-state index in [0.717, 1.165) is 23.8 Å². The van der Waals surface area contributed by atoms with Crippen LogP contribution in [0.15, 0.2) is 18.2 Å². The maximum Gasteiger partial charge on any atom is 0.0632 e. The van der Waals surface area contributed by atoms with Gasteiger partial charge in [-0.1, -0.05) is 31.5 Å². The van der Waals surface area contributed by atoms with Crippen molar-refractivity contribution in [3.05, 3.63) is 28.8 Å². The van der Waals surface area contributed by atoms with Gasteiger partial charge in [-0.2, -0.15) is 0 Å². The highest BCUT2D eigenvalue weighted by Gasteiger charge is 2.13. The van der Waals surface area contributed by atoms with Crippen molar-refractivity contribution >= 4 is 17.3 Å². The van der Waals surface area contributed by atoms with Gasteiger partial charge in [0.2, 0.25) is 0 Å². The van der Waals surface area contributed by atoms with Crippen molar-refractivity contribution in [3.8, 4) is 0 Å². The highest BCUT2D eigenvalue weighted by atomic mass is 35.5. The molecular weight excluding hydrogens is 260 g/mol. The smallest absolute Gasteiger partial charge is 0.0632 e. The highest BCUT2D eigenvalue weighted by molar-refractivity contribution is 6.30. The fourth-order valence-electron chi connectivity index (χ4n) is 1.87. The number of nitrogens with one attached hydrogen (secondary N) is 1. The van der Waals surface area contributed by atoms with Crippen LogP contribution < -0.4 is 10.2 Å². The first-order valence-electron chi connectivity index (χ1n) is 6.78. The summed E-state index contributed by atoms with van der Waals surface area (Å²) < 4.78 is 0. The van der Waals surface area contributed by atoms with E-state index < -0.39 is 0 Å². The summed E-state index contributed by atoms with van der Waals surface area (Å²) in [4.78, 5) is 2.07. The van der Waals surface area contributed by atoms with Crippen molar-refractivity contribution < 1.29 is 5.11 Å². The molecule has 0 bridgehead atoms. The molecule has 0 aromatic heterocycles. The molecule has 19 heavy (non-hydrogen) atoms. The third-order valence-electron chi connectivity index (χ3n) is 3.22. The van der Waals surface area contributed by atoms with Crippen LogP contribution in [0, 0.1) is 5.92 Å². The molecule has 0 aliphatic rings. The molecule has 3 nitrogen and oxygen atoms in total. The third kappa shape index (κ3) is 5.01. The van der Waals surface area contributed by atoms with Gasteiger partial charge in [0.25, 0.3) is 0 Å². The molecule has 0 radical (unpaired) electrons. The Balaban J connectivity index is 2.85. The first kappa shape index (κ1) is 16.3. The van der Waals surface area contributed by atoms with Crippen molar-refractivity contribution in [2.24, 2.45) is 5.92 Å². The maximum atomic E-state index is 9.29. The van der Waals surface area contributed by atoms with E-state index in [4.69, 9.17) is 11.6 Å². The van der Waals surface area contributed by atoms with Gasteiger partial charge in [0.05, 0.1) is 6.61 Å². The maximum absolute atomic E-state index is 9.29. The molecule has 1 unspecified atom stereocenters. The zero-order valence-electron chi connectivity index (χ0n) is 12.3. The lowest BCUT2D eigenvalue weighted by Gasteiger charge is -2.28. The van der Waals surface area contributed by atoms with E-state index in [1.807, 2.05) is 32.2 Å². The molecule has 0 spiro atoms. The van der Waals surface area contributed by atoms with Crippen LogP contribution >= 0.6 is 11.6 Å². The number of aliphatic hydroxyl groups excluding tert-OH is 1. The molecule has 0 amide bonds. The molecule has 0 fully saturated rings. The van der Waals surface area contributed by atoms with Gasteiger partial charge in [0.1, 0.15) is 0 Å². The van der Waals surface area contributed by atoms with Crippen LogP contribution in [0.3, 0.4) is 0 Å². The molecule has 0 heterocycles. The zero-order chi connectivity index (χ0) is 14.4. The summed E-state index contributed by atoms with van der Waals surface area (Å²) >= 11 is 6.08. The summed E-state index contributed by atoms with van der Waals surface area (Å²) in [5.74, 6) is 0.629. The van der Waals surface area contributed by atoms with E-state index in [-0.39, 0.29) is 12.6 Å². The fraction of sp³-hybridized carbons (Fsp3) is 0.600. The second-order valence-corrected chi connectivity index (χ2v) is 5.88. The predicted octanol–water partition coefficient (Wildman–Crippen LogP) is 2.90. The number of halogens is 1. The van der Waals surface area contributed by atoms with Gasteiger partial charge in [0.15, 0.2) is 0 Å². The van der Waals surface area contributed by atoms with E-state index >= 15 is 0 Å². The quantitative estimate of drug-likeness (QED) is 0.808. The molecule has 4 heteroatoms. The standard InChI is InChI=1S/C15H25ClN2O/c1-11(2)8-17-9-13-5-6-14(16)7-15(13)18(4)12(3)10-19/h5-7,11-12,17,19H,8-10H2,1-4H3.